The molecule has 0 aliphatic carbocycles. The maximum Gasteiger partial charge on any atom is 0.273 e. The maximum atomic E-state index is 10.7. The van der Waals surface area contributed by atoms with Crippen molar-refractivity contribution < 1.29 is 19.1 Å². The summed E-state index contributed by atoms with van der Waals surface area (Å²) in [6.07, 6.45) is 0.520. The Labute approximate surface area is 148 Å². The maximum absolute atomic E-state index is 10.7. The molecule has 7 nitrogen and oxygen atoms in total. The molecule has 1 saturated heterocycles. The highest BCUT2D eigenvalue weighted by atomic mass is 35.5. The predicted octanol–water partition coefficient (Wildman–Crippen LogP) is 2.52. The summed E-state index contributed by atoms with van der Waals surface area (Å²) in [7, 11) is 0. The standard InChI is InChI=1S/C16H24N2O5.ClH/c1-13-11-17(12-14(2)23-13)6-7-21-8-9-22-16-5-3-4-15(10-16)18(19)20;/h3-5,10,13-14H,6-9,11-12H2,1-2H3;1H. The first kappa shape index (κ1) is 20.6. The summed E-state index contributed by atoms with van der Waals surface area (Å²) >= 11 is 0. The number of rotatable bonds is 8. The van der Waals surface area contributed by atoms with Crippen molar-refractivity contribution in [2.24, 2.45) is 0 Å². The number of non-ortho nitro benzene ring substituents is 1. The van der Waals surface area contributed by atoms with Gasteiger partial charge in [-0.05, 0) is 19.9 Å². The Morgan fingerprint density at radius 1 is 1.25 bits per heavy atom. The van der Waals surface area contributed by atoms with Crippen LogP contribution < -0.4 is 4.74 Å². The van der Waals surface area contributed by atoms with Crippen molar-refractivity contribution in [3.63, 3.8) is 0 Å². The van der Waals surface area contributed by atoms with E-state index in [1.54, 1.807) is 12.1 Å². The minimum Gasteiger partial charge on any atom is -0.491 e. The van der Waals surface area contributed by atoms with Crippen LogP contribution in [0.15, 0.2) is 24.3 Å². The topological polar surface area (TPSA) is 74.1 Å². The Kier molecular flexibility index (Phi) is 8.99. The van der Waals surface area contributed by atoms with Crippen molar-refractivity contribution in [1.82, 2.24) is 4.90 Å². The Morgan fingerprint density at radius 3 is 2.62 bits per heavy atom. The quantitative estimate of drug-likeness (QED) is 0.403. The summed E-state index contributed by atoms with van der Waals surface area (Å²) in [6.45, 7) is 8.35. The molecule has 0 aromatic heterocycles. The third-order valence-electron chi connectivity index (χ3n) is 3.57. The minimum atomic E-state index is -0.437. The second kappa shape index (κ2) is 10.5. The number of nitrogens with zero attached hydrogens (tertiary/aromatic N) is 2. The van der Waals surface area contributed by atoms with Crippen molar-refractivity contribution in [2.75, 3.05) is 39.5 Å². The molecule has 0 saturated carbocycles. The molecule has 0 radical (unpaired) electrons. The fourth-order valence-electron chi connectivity index (χ4n) is 2.67. The van der Waals surface area contributed by atoms with Crippen LogP contribution in [0.5, 0.6) is 5.75 Å². The largest absolute Gasteiger partial charge is 0.491 e. The van der Waals surface area contributed by atoms with Crippen LogP contribution in [0.25, 0.3) is 0 Å². The first-order valence-electron chi connectivity index (χ1n) is 7.87. The molecule has 0 N–H and O–H groups in total. The van der Waals surface area contributed by atoms with Gasteiger partial charge in [0.15, 0.2) is 0 Å². The van der Waals surface area contributed by atoms with Gasteiger partial charge in [0, 0.05) is 25.7 Å². The van der Waals surface area contributed by atoms with Gasteiger partial charge < -0.3 is 14.2 Å². The summed E-state index contributed by atoms with van der Waals surface area (Å²) in [5.74, 6) is 0.485. The normalized spacial score (nSPS) is 21.1. The van der Waals surface area contributed by atoms with Gasteiger partial charge in [0.25, 0.3) is 5.69 Å². The molecular weight excluding hydrogens is 336 g/mol. The number of halogens is 1. The van der Waals surface area contributed by atoms with E-state index in [0.717, 1.165) is 19.6 Å². The Hall–Kier alpha value is -1.41. The number of nitro groups is 1. The van der Waals surface area contributed by atoms with E-state index < -0.39 is 4.92 Å². The fraction of sp³-hybridized carbons (Fsp3) is 0.625. The lowest BCUT2D eigenvalue weighted by atomic mass is 10.2. The minimum absolute atomic E-state index is 0. The van der Waals surface area contributed by atoms with Crippen LogP contribution in [0.4, 0.5) is 5.69 Å². The van der Waals surface area contributed by atoms with Crippen molar-refractivity contribution in [3.05, 3.63) is 34.4 Å². The number of morpholine rings is 1. The van der Waals surface area contributed by atoms with E-state index in [0.29, 0.717) is 25.6 Å². The van der Waals surface area contributed by atoms with Gasteiger partial charge in [0.1, 0.15) is 12.4 Å². The smallest absolute Gasteiger partial charge is 0.273 e. The Morgan fingerprint density at radius 2 is 1.96 bits per heavy atom. The molecule has 0 spiro atoms. The highest BCUT2D eigenvalue weighted by Gasteiger charge is 2.21. The van der Waals surface area contributed by atoms with Crippen LogP contribution in [0.2, 0.25) is 0 Å². The first-order chi connectivity index (χ1) is 11.0. The number of nitro benzene ring substituents is 1. The van der Waals surface area contributed by atoms with Crippen molar-refractivity contribution in [3.8, 4) is 5.75 Å². The van der Waals surface area contributed by atoms with E-state index >= 15 is 0 Å². The molecule has 136 valence electrons. The highest BCUT2D eigenvalue weighted by molar-refractivity contribution is 5.85. The number of hydrogen-bond donors (Lipinski definition) is 0. The van der Waals surface area contributed by atoms with Crippen LogP contribution >= 0.6 is 12.4 Å². The zero-order valence-electron chi connectivity index (χ0n) is 14.1. The molecule has 24 heavy (non-hydrogen) atoms. The average molecular weight is 361 g/mol. The third-order valence-corrected chi connectivity index (χ3v) is 3.57. The summed E-state index contributed by atoms with van der Waals surface area (Å²) in [4.78, 5) is 12.6. The lowest BCUT2D eigenvalue weighted by Gasteiger charge is -2.35. The molecule has 0 bridgehead atoms. The SMILES string of the molecule is CC1CN(CCOCCOc2cccc([N+](=O)[O-])c2)CC(C)O1.Cl. The lowest BCUT2D eigenvalue weighted by Crippen LogP contribution is -2.46. The van der Waals surface area contributed by atoms with E-state index in [1.807, 2.05) is 0 Å². The van der Waals surface area contributed by atoms with Gasteiger partial charge in [-0.15, -0.1) is 12.4 Å². The van der Waals surface area contributed by atoms with Gasteiger partial charge in [-0.25, -0.2) is 0 Å². The van der Waals surface area contributed by atoms with Crippen LogP contribution in [-0.4, -0.2) is 61.5 Å². The van der Waals surface area contributed by atoms with Crippen molar-refractivity contribution in [2.45, 2.75) is 26.1 Å². The lowest BCUT2D eigenvalue weighted by molar-refractivity contribution is -0.384. The van der Waals surface area contributed by atoms with Crippen molar-refractivity contribution in [1.29, 1.82) is 0 Å². The molecule has 1 aromatic carbocycles. The monoisotopic (exact) mass is 360 g/mol. The Balaban J connectivity index is 0.00000288. The van der Waals surface area contributed by atoms with E-state index in [-0.39, 0.29) is 30.3 Å². The zero-order chi connectivity index (χ0) is 16.7. The Bertz CT molecular complexity index is 507. The molecule has 2 rings (SSSR count). The number of benzene rings is 1. The van der Waals surface area contributed by atoms with E-state index in [4.69, 9.17) is 14.2 Å². The van der Waals surface area contributed by atoms with E-state index in [2.05, 4.69) is 18.7 Å². The highest BCUT2D eigenvalue weighted by Crippen LogP contribution is 2.18. The molecule has 2 atom stereocenters. The van der Waals surface area contributed by atoms with Gasteiger partial charge in [-0.3, -0.25) is 15.0 Å². The summed E-state index contributed by atoms with van der Waals surface area (Å²) in [6, 6.07) is 6.16. The molecular formula is C16H25ClN2O5. The van der Waals surface area contributed by atoms with Crippen molar-refractivity contribution >= 4 is 18.1 Å². The van der Waals surface area contributed by atoms with Crippen LogP contribution in [0, 0.1) is 10.1 Å². The van der Waals surface area contributed by atoms with Crippen LogP contribution in [0.3, 0.4) is 0 Å². The molecule has 1 aliphatic rings. The predicted molar refractivity (Wildman–Crippen MR) is 93.1 cm³/mol. The summed E-state index contributed by atoms with van der Waals surface area (Å²) < 4.78 is 16.7. The molecule has 1 aliphatic heterocycles. The van der Waals surface area contributed by atoms with Crippen LogP contribution in [0.1, 0.15) is 13.8 Å². The first-order valence-corrected chi connectivity index (χ1v) is 7.87. The van der Waals surface area contributed by atoms with Gasteiger partial charge in [0.05, 0.1) is 36.4 Å². The van der Waals surface area contributed by atoms with Gasteiger partial charge in [-0.1, -0.05) is 6.07 Å². The van der Waals surface area contributed by atoms with Gasteiger partial charge >= 0.3 is 0 Å². The molecule has 1 heterocycles. The molecule has 8 heteroatoms. The molecule has 1 fully saturated rings. The zero-order valence-corrected chi connectivity index (χ0v) is 14.9. The number of ether oxygens (including phenoxy) is 3. The third kappa shape index (κ3) is 7.00. The van der Waals surface area contributed by atoms with E-state index in [9.17, 15) is 10.1 Å². The summed E-state index contributed by atoms with van der Waals surface area (Å²) in [5.41, 5.74) is 0.0268. The summed E-state index contributed by atoms with van der Waals surface area (Å²) in [5, 5.41) is 10.7. The van der Waals surface area contributed by atoms with E-state index in [1.165, 1.54) is 12.1 Å². The second-order valence-electron chi connectivity index (χ2n) is 5.73. The molecule has 1 aromatic rings. The fourth-order valence-corrected chi connectivity index (χ4v) is 2.67. The second-order valence-corrected chi connectivity index (χ2v) is 5.73. The average Bonchev–Trinajstić information content (AvgIpc) is 2.50. The van der Waals surface area contributed by atoms with Gasteiger partial charge in [-0.2, -0.15) is 0 Å². The van der Waals surface area contributed by atoms with Crippen LogP contribution in [-0.2, 0) is 9.47 Å². The molecule has 0 amide bonds. The van der Waals surface area contributed by atoms with Gasteiger partial charge in [0.2, 0.25) is 0 Å². The molecule has 2 unspecified atom stereocenters. The number of hydrogen-bond acceptors (Lipinski definition) is 6.